The average Bonchev–Trinajstić information content (AvgIpc) is 2.76. The lowest BCUT2D eigenvalue weighted by atomic mass is 9.89. The molecule has 1 atom stereocenters. The Bertz CT molecular complexity index is 861. The molecule has 0 aromatic heterocycles. The maximum atomic E-state index is 11.2. The predicted molar refractivity (Wildman–Crippen MR) is 82.2 cm³/mol. The molecule has 3 rings (SSSR count). The Hall–Kier alpha value is -2.81. The molecule has 0 saturated heterocycles. The number of benzene rings is 2. The SMILES string of the molecule is C=C(C)C#CC1(O)c2ccccc2-c2cccc(C#N)c21. The first-order chi connectivity index (χ1) is 10.1. The van der Waals surface area contributed by atoms with E-state index >= 15 is 0 Å². The van der Waals surface area contributed by atoms with Gasteiger partial charge in [-0.2, -0.15) is 5.26 Å². The molecule has 1 N–H and O–H groups in total. The van der Waals surface area contributed by atoms with Gasteiger partial charge >= 0.3 is 0 Å². The van der Waals surface area contributed by atoms with Crippen molar-refractivity contribution < 1.29 is 5.11 Å². The third-order valence-electron chi connectivity index (χ3n) is 3.61. The number of allylic oxidation sites excluding steroid dienone is 1. The number of hydrogen-bond acceptors (Lipinski definition) is 2. The van der Waals surface area contributed by atoms with Crippen molar-refractivity contribution in [1.29, 1.82) is 5.26 Å². The van der Waals surface area contributed by atoms with E-state index in [1.54, 1.807) is 13.0 Å². The number of nitriles is 1. The van der Waals surface area contributed by atoms with Crippen molar-refractivity contribution in [2.75, 3.05) is 0 Å². The molecule has 1 unspecified atom stereocenters. The van der Waals surface area contributed by atoms with Gasteiger partial charge in [-0.3, -0.25) is 0 Å². The highest BCUT2D eigenvalue weighted by molar-refractivity contribution is 5.84. The standard InChI is InChI=1S/C19H13NO/c1-13(2)10-11-19(21)17-9-4-3-7-15(17)16-8-5-6-14(12-20)18(16)19/h3-9,21H,1H2,2H3. The lowest BCUT2D eigenvalue weighted by Gasteiger charge is -2.20. The molecule has 0 amide bonds. The minimum absolute atomic E-state index is 0.446. The zero-order valence-corrected chi connectivity index (χ0v) is 11.6. The average molecular weight is 271 g/mol. The quantitative estimate of drug-likeness (QED) is 0.747. The van der Waals surface area contributed by atoms with Crippen LogP contribution in [0, 0.1) is 23.2 Å². The molecule has 2 aromatic carbocycles. The second-order valence-corrected chi connectivity index (χ2v) is 5.13. The topological polar surface area (TPSA) is 44.0 Å². The number of nitrogens with zero attached hydrogens (tertiary/aromatic N) is 1. The first-order valence-electron chi connectivity index (χ1n) is 6.62. The molecule has 100 valence electrons. The lowest BCUT2D eigenvalue weighted by Crippen LogP contribution is -2.23. The summed E-state index contributed by atoms with van der Waals surface area (Å²) < 4.78 is 0. The fourth-order valence-corrected chi connectivity index (χ4v) is 2.75. The van der Waals surface area contributed by atoms with Crippen molar-refractivity contribution in [3.8, 4) is 29.0 Å². The van der Waals surface area contributed by atoms with Crippen LogP contribution in [0.15, 0.2) is 54.6 Å². The highest BCUT2D eigenvalue weighted by Gasteiger charge is 2.42. The van der Waals surface area contributed by atoms with Gasteiger partial charge in [-0.25, -0.2) is 0 Å². The van der Waals surface area contributed by atoms with Gasteiger partial charge in [0.15, 0.2) is 5.60 Å². The zero-order valence-electron chi connectivity index (χ0n) is 11.6. The molecular formula is C19H13NO. The van der Waals surface area contributed by atoms with Crippen molar-refractivity contribution >= 4 is 0 Å². The van der Waals surface area contributed by atoms with E-state index in [2.05, 4.69) is 24.5 Å². The van der Waals surface area contributed by atoms with Gasteiger partial charge in [0.05, 0.1) is 11.6 Å². The Morgan fingerprint density at radius 1 is 1.14 bits per heavy atom. The molecular weight excluding hydrogens is 258 g/mol. The van der Waals surface area contributed by atoms with Crippen LogP contribution >= 0.6 is 0 Å². The van der Waals surface area contributed by atoms with E-state index in [1.165, 1.54) is 0 Å². The Morgan fingerprint density at radius 2 is 1.86 bits per heavy atom. The number of aliphatic hydroxyl groups is 1. The molecule has 0 radical (unpaired) electrons. The summed E-state index contributed by atoms with van der Waals surface area (Å²) in [5.74, 6) is 5.76. The molecule has 2 nitrogen and oxygen atoms in total. The number of hydrogen-bond donors (Lipinski definition) is 1. The molecule has 21 heavy (non-hydrogen) atoms. The van der Waals surface area contributed by atoms with Gasteiger partial charge in [0.25, 0.3) is 0 Å². The second kappa shape index (κ2) is 4.63. The van der Waals surface area contributed by atoms with Crippen molar-refractivity contribution in [1.82, 2.24) is 0 Å². The van der Waals surface area contributed by atoms with Gasteiger partial charge in [0, 0.05) is 11.1 Å². The van der Waals surface area contributed by atoms with Crippen LogP contribution in [0.25, 0.3) is 11.1 Å². The summed E-state index contributed by atoms with van der Waals surface area (Å²) >= 11 is 0. The normalized spacial score (nSPS) is 18.0. The predicted octanol–water partition coefficient (Wildman–Crippen LogP) is 3.35. The Labute approximate surface area is 124 Å². The molecule has 0 aliphatic heterocycles. The van der Waals surface area contributed by atoms with E-state index in [4.69, 9.17) is 0 Å². The van der Waals surface area contributed by atoms with Gasteiger partial charge in [0.2, 0.25) is 0 Å². The van der Waals surface area contributed by atoms with Gasteiger partial charge in [-0.15, -0.1) is 0 Å². The molecule has 0 spiro atoms. The Morgan fingerprint density at radius 3 is 2.57 bits per heavy atom. The van der Waals surface area contributed by atoms with E-state index < -0.39 is 5.60 Å². The first kappa shape index (κ1) is 13.2. The fraction of sp³-hybridized carbons (Fsp3) is 0.105. The Balaban J connectivity index is 2.40. The van der Waals surface area contributed by atoms with Crippen molar-refractivity contribution in [2.45, 2.75) is 12.5 Å². The molecule has 2 aromatic rings. The molecule has 2 heteroatoms. The molecule has 0 saturated carbocycles. The van der Waals surface area contributed by atoms with Crippen LogP contribution in [0.5, 0.6) is 0 Å². The van der Waals surface area contributed by atoms with Crippen LogP contribution in [-0.4, -0.2) is 5.11 Å². The molecule has 1 aliphatic rings. The minimum atomic E-state index is -1.46. The van der Waals surface area contributed by atoms with Crippen LogP contribution in [0.1, 0.15) is 23.6 Å². The van der Waals surface area contributed by atoms with Crippen LogP contribution in [-0.2, 0) is 5.60 Å². The van der Waals surface area contributed by atoms with Crippen molar-refractivity contribution in [3.63, 3.8) is 0 Å². The maximum absolute atomic E-state index is 11.2. The monoisotopic (exact) mass is 271 g/mol. The van der Waals surface area contributed by atoms with Gasteiger partial charge in [0.1, 0.15) is 0 Å². The van der Waals surface area contributed by atoms with Gasteiger partial charge < -0.3 is 5.11 Å². The van der Waals surface area contributed by atoms with Gasteiger partial charge in [-0.1, -0.05) is 54.8 Å². The molecule has 1 aliphatic carbocycles. The maximum Gasteiger partial charge on any atom is 0.179 e. The smallest absolute Gasteiger partial charge is 0.179 e. The Kier molecular flexibility index (Phi) is 2.91. The lowest BCUT2D eigenvalue weighted by molar-refractivity contribution is 0.150. The van der Waals surface area contributed by atoms with E-state index in [0.29, 0.717) is 16.7 Å². The third-order valence-corrected chi connectivity index (χ3v) is 3.61. The van der Waals surface area contributed by atoms with Crippen LogP contribution in [0.2, 0.25) is 0 Å². The van der Waals surface area contributed by atoms with E-state index in [9.17, 15) is 10.4 Å². The summed E-state index contributed by atoms with van der Waals surface area (Å²) in [6.45, 7) is 5.54. The van der Waals surface area contributed by atoms with Crippen molar-refractivity contribution in [2.24, 2.45) is 0 Å². The zero-order chi connectivity index (χ0) is 15.0. The summed E-state index contributed by atoms with van der Waals surface area (Å²) in [4.78, 5) is 0. The van der Waals surface area contributed by atoms with E-state index in [1.807, 2.05) is 36.4 Å². The molecule has 0 heterocycles. The summed E-state index contributed by atoms with van der Waals surface area (Å²) in [6.07, 6.45) is 0. The first-order valence-corrected chi connectivity index (χ1v) is 6.62. The second-order valence-electron chi connectivity index (χ2n) is 5.13. The molecule has 0 bridgehead atoms. The van der Waals surface area contributed by atoms with Crippen molar-refractivity contribution in [3.05, 3.63) is 71.3 Å². The molecule has 0 fully saturated rings. The summed E-state index contributed by atoms with van der Waals surface area (Å²) in [5, 5.41) is 20.6. The largest absolute Gasteiger partial charge is 0.369 e. The van der Waals surface area contributed by atoms with Crippen LogP contribution in [0.3, 0.4) is 0 Å². The number of fused-ring (bicyclic) bond motifs is 3. The fourth-order valence-electron chi connectivity index (χ4n) is 2.75. The van der Waals surface area contributed by atoms with Crippen LogP contribution in [0.4, 0.5) is 0 Å². The highest BCUT2D eigenvalue weighted by atomic mass is 16.3. The number of rotatable bonds is 0. The summed E-state index contributed by atoms with van der Waals surface area (Å²) in [6, 6.07) is 15.2. The summed E-state index contributed by atoms with van der Waals surface area (Å²) in [5.41, 5.74) is 2.73. The van der Waals surface area contributed by atoms with Crippen LogP contribution < -0.4 is 0 Å². The van der Waals surface area contributed by atoms with Gasteiger partial charge in [-0.05, 0) is 29.7 Å². The highest BCUT2D eigenvalue weighted by Crippen LogP contribution is 2.48. The summed E-state index contributed by atoms with van der Waals surface area (Å²) in [7, 11) is 0. The van der Waals surface area contributed by atoms with E-state index in [-0.39, 0.29) is 0 Å². The minimum Gasteiger partial charge on any atom is -0.369 e. The van der Waals surface area contributed by atoms with E-state index in [0.717, 1.165) is 16.7 Å². The third kappa shape index (κ3) is 1.86.